The molecule has 0 amide bonds. The normalized spacial score (nSPS) is 10.7. The van der Waals surface area contributed by atoms with Crippen LogP contribution < -0.4 is 11.1 Å². The Kier molecular flexibility index (Phi) is 2.73. The van der Waals surface area contributed by atoms with Gasteiger partial charge in [-0.3, -0.25) is 0 Å². The number of nitrogens with two attached hydrogens (primary N) is 1. The Hall–Kier alpha value is -1.92. The number of thiocarbonyl (C=S) groups is 1. The SMILES string of the molecule is NC(=S)Nc1ccc2oc(-c3cccs3)nc2c1. The lowest BCUT2D eigenvalue weighted by Gasteiger charge is -2.01. The molecule has 2 heterocycles. The van der Waals surface area contributed by atoms with Crippen molar-refractivity contribution in [3.63, 3.8) is 0 Å². The van der Waals surface area contributed by atoms with Crippen molar-refractivity contribution in [1.82, 2.24) is 4.98 Å². The van der Waals surface area contributed by atoms with Crippen molar-refractivity contribution in [2.24, 2.45) is 5.73 Å². The highest BCUT2D eigenvalue weighted by Crippen LogP contribution is 2.28. The van der Waals surface area contributed by atoms with Crippen LogP contribution in [-0.2, 0) is 0 Å². The van der Waals surface area contributed by atoms with E-state index in [1.807, 2.05) is 35.7 Å². The predicted molar refractivity (Wildman–Crippen MR) is 77.7 cm³/mol. The van der Waals surface area contributed by atoms with Crippen molar-refractivity contribution in [2.45, 2.75) is 0 Å². The summed E-state index contributed by atoms with van der Waals surface area (Å²) in [5.41, 5.74) is 7.76. The average Bonchev–Trinajstić information content (AvgIpc) is 2.95. The first-order valence-corrected chi connectivity index (χ1v) is 6.52. The third-order valence-corrected chi connectivity index (χ3v) is 3.35. The molecule has 0 saturated heterocycles. The van der Waals surface area contributed by atoms with Crippen molar-refractivity contribution < 1.29 is 4.42 Å². The van der Waals surface area contributed by atoms with Gasteiger partial charge in [-0.25, -0.2) is 4.98 Å². The van der Waals surface area contributed by atoms with E-state index in [2.05, 4.69) is 10.3 Å². The number of nitrogens with one attached hydrogen (secondary N) is 1. The quantitative estimate of drug-likeness (QED) is 0.703. The maximum atomic E-state index is 5.68. The van der Waals surface area contributed by atoms with E-state index < -0.39 is 0 Å². The molecule has 6 heteroatoms. The van der Waals surface area contributed by atoms with E-state index in [0.717, 1.165) is 21.7 Å². The zero-order chi connectivity index (χ0) is 12.5. The molecule has 0 aliphatic carbocycles. The summed E-state index contributed by atoms with van der Waals surface area (Å²) in [6, 6.07) is 9.50. The summed E-state index contributed by atoms with van der Waals surface area (Å²) in [7, 11) is 0. The molecule has 90 valence electrons. The van der Waals surface area contributed by atoms with Crippen molar-refractivity contribution in [1.29, 1.82) is 0 Å². The molecular formula is C12H9N3OS2. The lowest BCUT2D eigenvalue weighted by Crippen LogP contribution is -2.18. The maximum absolute atomic E-state index is 5.68. The zero-order valence-electron chi connectivity index (χ0n) is 9.21. The van der Waals surface area contributed by atoms with Crippen LogP contribution in [-0.4, -0.2) is 10.1 Å². The van der Waals surface area contributed by atoms with Crippen LogP contribution in [0.15, 0.2) is 40.1 Å². The van der Waals surface area contributed by atoms with Crippen LogP contribution in [0.5, 0.6) is 0 Å². The fourth-order valence-corrected chi connectivity index (χ4v) is 2.42. The minimum Gasteiger partial charge on any atom is -0.435 e. The highest BCUT2D eigenvalue weighted by atomic mass is 32.1. The van der Waals surface area contributed by atoms with Gasteiger partial charge in [-0.2, -0.15) is 0 Å². The van der Waals surface area contributed by atoms with Crippen LogP contribution in [0.1, 0.15) is 0 Å². The summed E-state index contributed by atoms with van der Waals surface area (Å²) in [5.74, 6) is 0.632. The highest BCUT2D eigenvalue weighted by molar-refractivity contribution is 7.80. The first kappa shape index (κ1) is 11.2. The van der Waals surface area contributed by atoms with E-state index >= 15 is 0 Å². The minimum absolute atomic E-state index is 0.233. The van der Waals surface area contributed by atoms with Gasteiger partial charge >= 0.3 is 0 Å². The van der Waals surface area contributed by atoms with Gasteiger partial charge in [0.15, 0.2) is 10.7 Å². The Bertz CT molecular complexity index is 703. The van der Waals surface area contributed by atoms with Gasteiger partial charge in [0, 0.05) is 5.69 Å². The van der Waals surface area contributed by atoms with Crippen LogP contribution in [0.2, 0.25) is 0 Å². The van der Waals surface area contributed by atoms with Gasteiger partial charge in [0.25, 0.3) is 0 Å². The van der Waals surface area contributed by atoms with E-state index in [-0.39, 0.29) is 5.11 Å². The van der Waals surface area contributed by atoms with Crippen LogP contribution in [0, 0.1) is 0 Å². The molecule has 0 fully saturated rings. The third-order valence-electron chi connectivity index (χ3n) is 2.39. The van der Waals surface area contributed by atoms with Crippen molar-refractivity contribution in [2.75, 3.05) is 5.32 Å². The summed E-state index contributed by atoms with van der Waals surface area (Å²) in [6.45, 7) is 0. The average molecular weight is 275 g/mol. The molecule has 0 aliphatic heterocycles. The predicted octanol–water partition coefficient (Wildman–Crippen LogP) is 3.21. The monoisotopic (exact) mass is 275 g/mol. The third kappa shape index (κ3) is 2.07. The summed E-state index contributed by atoms with van der Waals surface area (Å²) >= 11 is 6.39. The molecule has 0 aliphatic rings. The van der Waals surface area contributed by atoms with E-state index in [1.165, 1.54) is 0 Å². The van der Waals surface area contributed by atoms with Crippen LogP contribution in [0.3, 0.4) is 0 Å². The standard InChI is InChI=1S/C12H9N3OS2/c13-12(17)14-7-3-4-9-8(6-7)15-11(16-9)10-2-1-5-18-10/h1-6H,(H3,13,14,17). The molecule has 2 aromatic heterocycles. The second kappa shape index (κ2) is 4.40. The van der Waals surface area contributed by atoms with Crippen LogP contribution in [0.25, 0.3) is 21.9 Å². The topological polar surface area (TPSA) is 64.1 Å². The Balaban J connectivity index is 2.04. The molecule has 3 aromatic rings. The molecule has 3 N–H and O–H groups in total. The number of fused-ring (bicyclic) bond motifs is 1. The Morgan fingerprint density at radius 1 is 1.39 bits per heavy atom. The van der Waals surface area contributed by atoms with Crippen molar-refractivity contribution in [3.8, 4) is 10.8 Å². The molecule has 0 unspecified atom stereocenters. The zero-order valence-corrected chi connectivity index (χ0v) is 10.8. The fraction of sp³-hybridized carbons (Fsp3) is 0. The van der Waals surface area contributed by atoms with Gasteiger partial charge in [0.2, 0.25) is 5.89 Å². The van der Waals surface area contributed by atoms with Gasteiger partial charge in [0.1, 0.15) is 5.52 Å². The van der Waals surface area contributed by atoms with E-state index in [9.17, 15) is 0 Å². The van der Waals surface area contributed by atoms with Gasteiger partial charge in [-0.05, 0) is 41.9 Å². The number of oxazole rings is 1. The number of aromatic nitrogens is 1. The van der Waals surface area contributed by atoms with Gasteiger partial charge in [-0.15, -0.1) is 11.3 Å². The Morgan fingerprint density at radius 3 is 3.00 bits per heavy atom. The molecule has 1 aromatic carbocycles. The molecule has 18 heavy (non-hydrogen) atoms. The summed E-state index contributed by atoms with van der Waals surface area (Å²) in [4.78, 5) is 5.45. The fourth-order valence-electron chi connectivity index (χ4n) is 1.65. The molecule has 0 bridgehead atoms. The van der Waals surface area contributed by atoms with E-state index in [1.54, 1.807) is 11.3 Å². The first-order valence-electron chi connectivity index (χ1n) is 5.23. The lowest BCUT2D eigenvalue weighted by molar-refractivity contribution is 0.621. The summed E-state index contributed by atoms with van der Waals surface area (Å²) in [6.07, 6.45) is 0. The maximum Gasteiger partial charge on any atom is 0.237 e. The first-order chi connectivity index (χ1) is 8.72. The van der Waals surface area contributed by atoms with Crippen LogP contribution in [0.4, 0.5) is 5.69 Å². The highest BCUT2D eigenvalue weighted by Gasteiger charge is 2.09. The second-order valence-electron chi connectivity index (χ2n) is 3.67. The Labute approximate surface area is 112 Å². The molecule has 0 radical (unpaired) electrons. The largest absolute Gasteiger partial charge is 0.435 e. The molecule has 0 saturated carbocycles. The molecule has 0 spiro atoms. The van der Waals surface area contributed by atoms with Gasteiger partial charge < -0.3 is 15.5 Å². The number of thiophene rings is 1. The number of benzene rings is 1. The molecular weight excluding hydrogens is 266 g/mol. The number of nitrogens with zero attached hydrogens (tertiary/aromatic N) is 1. The van der Waals surface area contributed by atoms with Gasteiger partial charge in [-0.1, -0.05) is 6.07 Å². The van der Waals surface area contributed by atoms with Crippen LogP contribution >= 0.6 is 23.6 Å². The number of hydrogen-bond donors (Lipinski definition) is 2. The smallest absolute Gasteiger partial charge is 0.237 e. The number of rotatable bonds is 2. The van der Waals surface area contributed by atoms with Gasteiger partial charge in [0.05, 0.1) is 4.88 Å². The Morgan fingerprint density at radius 2 is 2.28 bits per heavy atom. The number of anilines is 1. The lowest BCUT2D eigenvalue weighted by atomic mass is 10.3. The minimum atomic E-state index is 0.233. The molecule has 3 rings (SSSR count). The van der Waals surface area contributed by atoms with Crippen molar-refractivity contribution in [3.05, 3.63) is 35.7 Å². The van der Waals surface area contributed by atoms with E-state index in [4.69, 9.17) is 22.4 Å². The summed E-state index contributed by atoms with van der Waals surface area (Å²) in [5, 5.41) is 5.09. The van der Waals surface area contributed by atoms with Crippen molar-refractivity contribution >= 4 is 45.5 Å². The summed E-state index contributed by atoms with van der Waals surface area (Å²) < 4.78 is 5.68. The molecule has 0 atom stereocenters. The molecule has 4 nitrogen and oxygen atoms in total. The number of hydrogen-bond acceptors (Lipinski definition) is 4. The van der Waals surface area contributed by atoms with E-state index in [0.29, 0.717) is 5.89 Å². The second-order valence-corrected chi connectivity index (χ2v) is 5.06.